The molecule has 0 N–H and O–H groups in total. The first kappa shape index (κ1) is 27.7. The van der Waals surface area contributed by atoms with Gasteiger partial charge in [-0.2, -0.15) is 0 Å². The highest BCUT2D eigenvalue weighted by molar-refractivity contribution is 5.94. The highest BCUT2D eigenvalue weighted by Gasteiger charge is 2.24. The summed E-state index contributed by atoms with van der Waals surface area (Å²) in [5.41, 5.74) is 1.93. The summed E-state index contributed by atoms with van der Waals surface area (Å²) in [7, 11) is 0. The van der Waals surface area contributed by atoms with E-state index in [1.165, 1.54) is 0 Å². The van der Waals surface area contributed by atoms with Crippen molar-refractivity contribution < 1.29 is 18.4 Å². The summed E-state index contributed by atoms with van der Waals surface area (Å²) in [6.45, 7) is 8.69. The molecule has 1 aliphatic rings. The van der Waals surface area contributed by atoms with Crippen LogP contribution in [-0.4, -0.2) is 58.8 Å². The molecule has 6 nitrogen and oxygen atoms in total. The zero-order valence-corrected chi connectivity index (χ0v) is 21.7. The van der Waals surface area contributed by atoms with E-state index in [-0.39, 0.29) is 24.8 Å². The first-order valence-corrected chi connectivity index (χ1v) is 13.0. The van der Waals surface area contributed by atoms with Crippen LogP contribution in [-0.2, 0) is 22.6 Å². The molecule has 0 fully saturated rings. The van der Waals surface area contributed by atoms with Crippen LogP contribution < -0.4 is 4.90 Å². The molecule has 1 aliphatic heterocycles. The molecule has 36 heavy (non-hydrogen) atoms. The van der Waals surface area contributed by atoms with Gasteiger partial charge in [-0.05, 0) is 68.9 Å². The van der Waals surface area contributed by atoms with Crippen LogP contribution in [0.1, 0.15) is 64.0 Å². The van der Waals surface area contributed by atoms with Crippen molar-refractivity contribution in [1.82, 2.24) is 14.8 Å². The molecule has 0 aliphatic carbocycles. The number of hydrogen-bond donors (Lipinski definition) is 0. The number of hydrogen-bond acceptors (Lipinski definition) is 4. The van der Waals surface area contributed by atoms with E-state index in [2.05, 4.69) is 23.7 Å². The van der Waals surface area contributed by atoms with Crippen molar-refractivity contribution in [2.24, 2.45) is 0 Å². The first-order chi connectivity index (χ1) is 17.3. The monoisotopic (exact) mass is 500 g/mol. The Morgan fingerprint density at radius 1 is 0.972 bits per heavy atom. The maximum atomic E-state index is 14.4. The topological polar surface area (TPSA) is 56.8 Å². The van der Waals surface area contributed by atoms with E-state index in [0.29, 0.717) is 43.2 Å². The number of carbonyl (C=O) groups excluding carboxylic acids is 2. The molecule has 0 unspecified atom stereocenters. The van der Waals surface area contributed by atoms with Crippen molar-refractivity contribution >= 4 is 17.5 Å². The lowest BCUT2D eigenvalue weighted by Gasteiger charge is -2.33. The number of pyridine rings is 1. The average Bonchev–Trinajstić information content (AvgIpc) is 2.86. The maximum absolute atomic E-state index is 14.4. The number of benzene rings is 1. The van der Waals surface area contributed by atoms with Crippen molar-refractivity contribution in [2.75, 3.05) is 31.1 Å². The van der Waals surface area contributed by atoms with Crippen LogP contribution in [0.3, 0.4) is 0 Å². The Morgan fingerprint density at radius 2 is 1.64 bits per heavy atom. The summed E-state index contributed by atoms with van der Waals surface area (Å²) in [6, 6.07) is 6.45. The molecule has 0 atom stereocenters. The Hall–Kier alpha value is -2.87. The molecule has 0 bridgehead atoms. The lowest BCUT2D eigenvalue weighted by atomic mass is 10.1. The lowest BCUT2D eigenvalue weighted by molar-refractivity contribution is -0.132. The molecular weight excluding hydrogens is 462 g/mol. The summed E-state index contributed by atoms with van der Waals surface area (Å²) >= 11 is 0. The van der Waals surface area contributed by atoms with Crippen molar-refractivity contribution in [3.05, 3.63) is 59.4 Å². The number of aromatic nitrogens is 1. The quantitative estimate of drug-likeness (QED) is 0.563. The smallest absolute Gasteiger partial charge is 0.226 e. The first-order valence-electron chi connectivity index (χ1n) is 13.0. The normalized spacial score (nSPS) is 15.8. The summed E-state index contributed by atoms with van der Waals surface area (Å²) in [4.78, 5) is 35.8. The summed E-state index contributed by atoms with van der Waals surface area (Å²) in [6.07, 6.45) is 7.03. The second-order valence-electron chi connectivity index (χ2n) is 9.66. The number of aryl methyl sites for hydroxylation is 1. The van der Waals surface area contributed by atoms with E-state index >= 15 is 0 Å². The van der Waals surface area contributed by atoms with E-state index in [1.807, 2.05) is 12.1 Å². The zero-order valence-electron chi connectivity index (χ0n) is 21.7. The molecular formula is C28H38F2N4O2. The second kappa shape index (κ2) is 13.4. The van der Waals surface area contributed by atoms with Crippen LogP contribution in [0.2, 0.25) is 0 Å². The van der Waals surface area contributed by atoms with Crippen LogP contribution in [0.5, 0.6) is 0 Å². The van der Waals surface area contributed by atoms with Crippen LogP contribution in [0.4, 0.5) is 14.5 Å². The predicted molar refractivity (Wildman–Crippen MR) is 138 cm³/mol. The summed E-state index contributed by atoms with van der Waals surface area (Å²) < 4.78 is 28.7. The van der Waals surface area contributed by atoms with E-state index in [1.54, 1.807) is 29.1 Å². The van der Waals surface area contributed by atoms with Gasteiger partial charge in [0.05, 0.1) is 5.69 Å². The lowest BCUT2D eigenvalue weighted by Crippen LogP contribution is -2.40. The molecule has 0 saturated carbocycles. The number of halogens is 2. The van der Waals surface area contributed by atoms with E-state index in [4.69, 9.17) is 0 Å². The van der Waals surface area contributed by atoms with Gasteiger partial charge >= 0.3 is 0 Å². The van der Waals surface area contributed by atoms with Gasteiger partial charge < -0.3 is 14.7 Å². The average molecular weight is 501 g/mol. The third kappa shape index (κ3) is 7.56. The molecule has 196 valence electrons. The third-order valence-corrected chi connectivity index (χ3v) is 6.77. The van der Waals surface area contributed by atoms with Gasteiger partial charge in [0.15, 0.2) is 11.6 Å². The zero-order chi connectivity index (χ0) is 26.1. The Balaban J connectivity index is 1.88. The van der Waals surface area contributed by atoms with E-state index < -0.39 is 11.6 Å². The van der Waals surface area contributed by atoms with Crippen LogP contribution >= 0.6 is 0 Å². The molecule has 1 aromatic heterocycles. The van der Waals surface area contributed by atoms with Crippen molar-refractivity contribution in [3.8, 4) is 0 Å². The van der Waals surface area contributed by atoms with Crippen LogP contribution in [0.25, 0.3) is 0 Å². The minimum Gasteiger partial charge on any atom is -0.338 e. The number of rotatable bonds is 6. The number of carbonyl (C=O) groups is 2. The molecule has 0 radical (unpaired) electrons. The minimum absolute atomic E-state index is 0.0266. The summed E-state index contributed by atoms with van der Waals surface area (Å²) in [5.74, 6) is -2.14. The van der Waals surface area contributed by atoms with Crippen LogP contribution in [0.15, 0.2) is 36.7 Å². The van der Waals surface area contributed by atoms with Crippen molar-refractivity contribution in [3.63, 3.8) is 0 Å². The molecule has 0 spiro atoms. The number of amides is 2. The summed E-state index contributed by atoms with van der Waals surface area (Å²) in [5, 5.41) is 0. The fourth-order valence-corrected chi connectivity index (χ4v) is 4.70. The van der Waals surface area contributed by atoms with Gasteiger partial charge in [0.25, 0.3) is 0 Å². The number of nitrogens with zero attached hydrogens (tertiary/aromatic N) is 4. The fourth-order valence-electron chi connectivity index (χ4n) is 4.70. The predicted octanol–water partition coefficient (Wildman–Crippen LogP) is 4.96. The second-order valence-corrected chi connectivity index (χ2v) is 9.66. The molecule has 1 aromatic carbocycles. The van der Waals surface area contributed by atoms with Gasteiger partial charge in [-0.25, -0.2) is 8.78 Å². The van der Waals surface area contributed by atoms with Gasteiger partial charge in [0.2, 0.25) is 11.8 Å². The Bertz CT molecular complexity index is 1020. The molecule has 2 amide bonds. The van der Waals surface area contributed by atoms with Gasteiger partial charge in [0.1, 0.15) is 0 Å². The standard InChI is InChI=1S/C28H38F2N4O2/c1-4-27(35)34-17-7-15-32(21(2)3)14-6-16-33(20-23-18-24(29)25(30)19-26(23)34)28(36)9-5-8-22-10-12-31-13-11-22/h10-13,18-19,21H,4-9,14-17,20H2,1-3H3. The Kier molecular flexibility index (Phi) is 10.3. The SMILES string of the molecule is CCC(=O)N1CCCN(C(C)C)CCCN(C(=O)CCCc2ccncc2)Cc2cc(F)c(F)cc21. The number of fused-ring (bicyclic) bond motifs is 1. The molecule has 2 aromatic rings. The molecule has 2 heterocycles. The minimum atomic E-state index is -0.992. The molecule has 0 saturated heterocycles. The van der Waals surface area contributed by atoms with E-state index in [0.717, 1.165) is 50.0 Å². The number of anilines is 1. The van der Waals surface area contributed by atoms with E-state index in [9.17, 15) is 18.4 Å². The van der Waals surface area contributed by atoms with Crippen molar-refractivity contribution in [1.29, 1.82) is 0 Å². The largest absolute Gasteiger partial charge is 0.338 e. The maximum Gasteiger partial charge on any atom is 0.226 e. The van der Waals surface area contributed by atoms with Crippen molar-refractivity contribution in [2.45, 2.75) is 71.9 Å². The Morgan fingerprint density at radius 3 is 2.31 bits per heavy atom. The highest BCUT2D eigenvalue weighted by Crippen LogP contribution is 2.28. The van der Waals surface area contributed by atoms with Gasteiger partial charge in [-0.1, -0.05) is 6.92 Å². The van der Waals surface area contributed by atoms with Gasteiger partial charge in [-0.15, -0.1) is 0 Å². The third-order valence-electron chi connectivity index (χ3n) is 6.77. The highest BCUT2D eigenvalue weighted by atomic mass is 19.2. The van der Waals surface area contributed by atoms with Crippen LogP contribution in [0, 0.1) is 11.6 Å². The van der Waals surface area contributed by atoms with Gasteiger partial charge in [-0.3, -0.25) is 14.6 Å². The molecule has 3 rings (SSSR count). The van der Waals surface area contributed by atoms with Gasteiger partial charge in [0, 0.05) is 70.1 Å². The molecule has 8 heteroatoms. The fraction of sp³-hybridized carbons (Fsp3) is 0.536. The Labute approximate surface area is 213 Å².